The van der Waals surface area contributed by atoms with Crippen molar-refractivity contribution in [1.29, 1.82) is 0 Å². The Morgan fingerprint density at radius 1 is 0.357 bits per heavy atom. The Morgan fingerprint density at radius 2 is 0.500 bits per heavy atom. The van der Waals surface area contributed by atoms with Crippen molar-refractivity contribution in [3.8, 4) is 0 Å². The standard InChI is InChI=1S/Cl10Ge4/c1-11(2,3)13(7,8)14(9,10)12(4,5)6. The van der Waals surface area contributed by atoms with E-state index in [1.54, 1.807) is 0 Å². The first-order chi connectivity index (χ1) is 5.75. The van der Waals surface area contributed by atoms with Gasteiger partial charge in [-0.2, -0.15) is 0 Å². The van der Waals surface area contributed by atoms with Crippen molar-refractivity contribution >= 4 is 132 Å². The molecule has 0 saturated heterocycles. The predicted octanol–water partition coefficient (Wildman–Crippen LogP) is 5.37. The van der Waals surface area contributed by atoms with E-state index in [0.29, 0.717) is 0 Å². The Balaban J connectivity index is 5.30. The normalized spacial score (nSPS) is 15.9. The molecule has 0 atom stereocenters. The van der Waals surface area contributed by atoms with Crippen LogP contribution in [0.25, 0.3) is 0 Å². The second-order valence-electron chi connectivity index (χ2n) is 2.14. The van der Waals surface area contributed by atoms with Crippen LogP contribution in [0.15, 0.2) is 0 Å². The Bertz CT molecular complexity index is 181. The van der Waals surface area contributed by atoms with Crippen LogP contribution in [0.4, 0.5) is 0 Å². The van der Waals surface area contributed by atoms with Crippen molar-refractivity contribution in [2.24, 2.45) is 0 Å². The maximum atomic E-state index is 6.04. The summed E-state index contributed by atoms with van der Waals surface area (Å²) in [4.78, 5) is 0. The second-order valence-corrected chi connectivity index (χ2v) is 169. The molecule has 0 fully saturated rings. The van der Waals surface area contributed by atoms with Gasteiger partial charge < -0.3 is 0 Å². The number of hydrogen-bond acceptors (Lipinski definition) is 0. The molecule has 0 radical (unpaired) electrons. The van der Waals surface area contributed by atoms with E-state index in [-0.39, 0.29) is 0 Å². The van der Waals surface area contributed by atoms with Gasteiger partial charge in [-0.25, -0.2) is 0 Å². The molecule has 0 aliphatic carbocycles. The molecule has 0 rings (SSSR count). The zero-order chi connectivity index (χ0) is 12.0. The Labute approximate surface area is 129 Å². The molecule has 0 aromatic carbocycles. The molecule has 0 heterocycles. The molecule has 0 aliphatic heterocycles. The minimum absolute atomic E-state index is 3.90. The van der Waals surface area contributed by atoms with Gasteiger partial charge in [-0.05, 0) is 0 Å². The second kappa shape index (κ2) is 6.23. The third-order valence-electron chi connectivity index (χ3n) is 1.11. The van der Waals surface area contributed by atoms with E-state index in [9.17, 15) is 0 Å². The summed E-state index contributed by atoms with van der Waals surface area (Å²) in [5.41, 5.74) is 0. The average Bonchev–Trinajstić information content (AvgIpc) is 1.81. The van der Waals surface area contributed by atoms with Gasteiger partial charge in [0.1, 0.15) is 0 Å². The first-order valence-electron chi connectivity index (χ1n) is 2.64. The van der Waals surface area contributed by atoms with Gasteiger partial charge in [0.2, 0.25) is 0 Å². The fourth-order valence-electron chi connectivity index (χ4n) is 0.356. The van der Waals surface area contributed by atoms with Crippen molar-refractivity contribution in [2.45, 2.75) is 0 Å². The predicted molar refractivity (Wildman–Crippen MR) is 81.5 cm³/mol. The molecule has 0 aliphatic rings. The molecule has 14 heteroatoms. The zero-order valence-electron chi connectivity index (χ0n) is 5.78. The van der Waals surface area contributed by atoms with E-state index in [4.69, 9.17) is 100 Å². The van der Waals surface area contributed by atoms with Gasteiger partial charge in [0.05, 0.1) is 0 Å². The van der Waals surface area contributed by atoms with E-state index in [0.717, 1.165) is 0 Å². The fraction of sp³-hybridized carbons (Fsp3) is 0. The molecular weight excluding hydrogens is 645 g/mol. The first kappa shape index (κ1) is 19.1. The summed E-state index contributed by atoms with van der Waals surface area (Å²) < 4.78 is 0. The van der Waals surface area contributed by atoms with Crippen LogP contribution in [0.5, 0.6) is 0 Å². The van der Waals surface area contributed by atoms with E-state index in [1.807, 2.05) is 0 Å². The third kappa shape index (κ3) is 4.29. The van der Waals surface area contributed by atoms with Gasteiger partial charge in [-0.15, -0.1) is 0 Å². The van der Waals surface area contributed by atoms with Crippen molar-refractivity contribution in [2.75, 3.05) is 0 Å². The van der Waals surface area contributed by atoms with Crippen molar-refractivity contribution in [3.05, 3.63) is 0 Å². The van der Waals surface area contributed by atoms with Crippen molar-refractivity contribution in [3.63, 3.8) is 0 Å². The molecule has 0 bridgehead atoms. The quantitative estimate of drug-likeness (QED) is 0.363. The van der Waals surface area contributed by atoms with Gasteiger partial charge >= 0.3 is 132 Å². The molecule has 86 valence electrons. The number of hydrogen-bond donors (Lipinski definition) is 0. The van der Waals surface area contributed by atoms with Gasteiger partial charge in [0, 0.05) is 0 Å². The summed E-state index contributed by atoms with van der Waals surface area (Å²) in [7, 11) is 43.1. The van der Waals surface area contributed by atoms with Gasteiger partial charge in [0.25, 0.3) is 0 Å². The molecule has 0 aromatic heterocycles. The minimum atomic E-state index is -3.99. The average molecular weight is 645 g/mol. The maximum absolute atomic E-state index is 6.04. The number of halogens is 10. The molecule has 0 N–H and O–H groups in total. The van der Waals surface area contributed by atoms with Crippen LogP contribution in [0.3, 0.4) is 0 Å². The summed E-state index contributed by atoms with van der Waals surface area (Å²) >= 11 is 0. The van der Waals surface area contributed by atoms with Crippen LogP contribution in [-0.2, 0) is 0 Å². The van der Waals surface area contributed by atoms with Crippen LogP contribution in [0.2, 0.25) is 0 Å². The Hall–Kier alpha value is 5.07. The van der Waals surface area contributed by atoms with Crippen LogP contribution < -0.4 is 0 Å². The molecule has 0 amide bonds. The van der Waals surface area contributed by atoms with Crippen LogP contribution in [0.1, 0.15) is 0 Å². The molecule has 14 heavy (non-hydrogen) atoms. The topological polar surface area (TPSA) is 0 Å². The summed E-state index contributed by atoms with van der Waals surface area (Å²) in [6, 6.07) is 0. The molecule has 0 spiro atoms. The van der Waals surface area contributed by atoms with E-state index in [1.165, 1.54) is 0 Å². The van der Waals surface area contributed by atoms with E-state index < -0.39 is 32.0 Å². The molecular formula is Cl10Ge4. The summed E-state index contributed by atoms with van der Waals surface area (Å²) in [5.74, 6) is 0. The van der Waals surface area contributed by atoms with E-state index >= 15 is 0 Å². The summed E-state index contributed by atoms with van der Waals surface area (Å²) in [6.45, 7) is 0. The SMILES string of the molecule is [Cl][Ge]([Cl])([Cl])[Ge]([Cl])([Cl])[Ge]([Cl])([Cl])[Ge]([Cl])([Cl])[Cl]. The van der Waals surface area contributed by atoms with Gasteiger partial charge in [-0.1, -0.05) is 0 Å². The molecule has 0 nitrogen and oxygen atoms in total. The van der Waals surface area contributed by atoms with Gasteiger partial charge in [0.15, 0.2) is 0 Å². The fourth-order valence-corrected chi connectivity index (χ4v) is 581. The van der Waals surface area contributed by atoms with Crippen LogP contribution in [0, 0.1) is 0 Å². The van der Waals surface area contributed by atoms with E-state index in [2.05, 4.69) is 0 Å². The monoisotopic (exact) mass is 645 g/mol. The van der Waals surface area contributed by atoms with Crippen LogP contribution in [-0.4, -0.2) is 32.0 Å². The third-order valence-corrected chi connectivity index (χ3v) is 383. The Morgan fingerprint density at radius 3 is 0.571 bits per heavy atom. The summed E-state index contributed by atoms with van der Waals surface area (Å²) in [5, 5.41) is 0. The molecule has 0 aromatic rings. The van der Waals surface area contributed by atoms with Crippen LogP contribution >= 0.6 is 100 Å². The number of rotatable bonds is 3. The zero-order valence-corrected chi connectivity index (χ0v) is 21.7. The first-order valence-corrected chi connectivity index (χ1v) is 49.7. The van der Waals surface area contributed by atoms with Crippen molar-refractivity contribution < 1.29 is 0 Å². The molecule has 0 unspecified atom stereocenters. The Kier molecular flexibility index (Phi) is 8.49. The summed E-state index contributed by atoms with van der Waals surface area (Å²) in [6.07, 6.45) is 0. The molecule has 0 saturated carbocycles. The van der Waals surface area contributed by atoms with Crippen molar-refractivity contribution in [1.82, 2.24) is 0 Å². The van der Waals surface area contributed by atoms with Gasteiger partial charge in [-0.3, -0.25) is 0 Å².